The highest BCUT2D eigenvalue weighted by Gasteiger charge is 2.33. The first kappa shape index (κ1) is 18.0. The lowest BCUT2D eigenvalue weighted by molar-refractivity contribution is 0.132. The molecular weight excluding hydrogens is 336 g/mol. The van der Waals surface area contributed by atoms with Gasteiger partial charge in [-0.3, -0.25) is 9.88 Å². The molecule has 1 aliphatic heterocycles. The summed E-state index contributed by atoms with van der Waals surface area (Å²) in [5.74, 6) is 0.639. The first-order chi connectivity index (χ1) is 13.3. The fraction of sp³-hybridized carbons (Fsp3) is 0.455. The Balaban J connectivity index is 1.27. The van der Waals surface area contributed by atoms with E-state index in [4.69, 9.17) is 0 Å². The predicted molar refractivity (Wildman–Crippen MR) is 106 cm³/mol. The Morgan fingerprint density at radius 1 is 1.04 bits per heavy atom. The van der Waals surface area contributed by atoms with Gasteiger partial charge in [-0.15, -0.1) is 0 Å². The van der Waals surface area contributed by atoms with Crippen molar-refractivity contribution in [2.24, 2.45) is 5.92 Å². The van der Waals surface area contributed by atoms with Crippen LogP contribution in [0.1, 0.15) is 24.1 Å². The Morgan fingerprint density at radius 2 is 1.78 bits per heavy atom. The number of nitrogens with one attached hydrogen (secondary N) is 1. The normalized spacial score (nSPS) is 18.9. The smallest absolute Gasteiger partial charge is 0.317 e. The van der Waals surface area contributed by atoms with Gasteiger partial charge in [-0.25, -0.2) is 4.79 Å². The number of rotatable bonds is 6. The van der Waals surface area contributed by atoms with Gasteiger partial charge in [0.25, 0.3) is 0 Å². The molecule has 4 rings (SSSR count). The molecule has 0 radical (unpaired) electrons. The molecule has 1 saturated heterocycles. The van der Waals surface area contributed by atoms with Crippen molar-refractivity contribution >= 4 is 6.03 Å². The van der Waals surface area contributed by atoms with Crippen LogP contribution in [0, 0.1) is 5.92 Å². The number of aromatic nitrogens is 1. The van der Waals surface area contributed by atoms with Crippen molar-refractivity contribution in [3.05, 3.63) is 66.0 Å². The lowest BCUT2D eigenvalue weighted by Gasteiger charge is -2.35. The Bertz CT molecular complexity index is 724. The standard InChI is InChI=1S/C22H28N4O/c27-22(24-21(19-9-10-19)16-18-6-2-1-3-7-18)26-14-12-25(13-15-26)17-20-8-4-5-11-23-20/h1-8,11,19,21H,9-10,12-17H2,(H,24,27). The number of urea groups is 1. The molecule has 2 amide bonds. The van der Waals surface area contributed by atoms with Gasteiger partial charge in [0.2, 0.25) is 0 Å². The minimum absolute atomic E-state index is 0.0975. The molecule has 1 aromatic carbocycles. The third kappa shape index (κ3) is 5.07. The van der Waals surface area contributed by atoms with Gasteiger partial charge >= 0.3 is 6.03 Å². The summed E-state index contributed by atoms with van der Waals surface area (Å²) >= 11 is 0. The summed E-state index contributed by atoms with van der Waals surface area (Å²) < 4.78 is 0. The molecule has 1 aromatic heterocycles. The van der Waals surface area contributed by atoms with E-state index in [-0.39, 0.29) is 12.1 Å². The van der Waals surface area contributed by atoms with Gasteiger partial charge in [0.1, 0.15) is 0 Å². The van der Waals surface area contributed by atoms with Crippen molar-refractivity contribution in [2.75, 3.05) is 26.2 Å². The average molecular weight is 364 g/mol. The van der Waals surface area contributed by atoms with Crippen molar-refractivity contribution in [1.29, 1.82) is 0 Å². The first-order valence-electron chi connectivity index (χ1n) is 9.99. The molecule has 0 spiro atoms. The van der Waals surface area contributed by atoms with Crippen LogP contribution < -0.4 is 5.32 Å². The number of hydrogen-bond acceptors (Lipinski definition) is 3. The van der Waals surface area contributed by atoms with Gasteiger partial charge in [-0.05, 0) is 42.9 Å². The van der Waals surface area contributed by atoms with Gasteiger partial charge in [0.15, 0.2) is 0 Å². The van der Waals surface area contributed by atoms with Crippen LogP contribution in [0.4, 0.5) is 4.79 Å². The van der Waals surface area contributed by atoms with Crippen LogP contribution in [0.15, 0.2) is 54.7 Å². The van der Waals surface area contributed by atoms with Gasteiger partial charge in [0, 0.05) is 45.0 Å². The van der Waals surface area contributed by atoms with Crippen molar-refractivity contribution in [2.45, 2.75) is 31.8 Å². The lowest BCUT2D eigenvalue weighted by atomic mass is 10.0. The van der Waals surface area contributed by atoms with Crippen LogP contribution in [-0.2, 0) is 13.0 Å². The minimum atomic E-state index is 0.0975. The van der Waals surface area contributed by atoms with Gasteiger partial charge < -0.3 is 10.2 Å². The van der Waals surface area contributed by atoms with Crippen LogP contribution in [0.5, 0.6) is 0 Å². The molecule has 27 heavy (non-hydrogen) atoms. The molecule has 1 N–H and O–H groups in total. The number of carbonyl (C=O) groups excluding carboxylic acids is 1. The summed E-state index contributed by atoms with van der Waals surface area (Å²) in [6.07, 6.45) is 5.23. The number of pyridine rings is 1. The topological polar surface area (TPSA) is 48.5 Å². The maximum Gasteiger partial charge on any atom is 0.317 e. The van der Waals surface area contributed by atoms with Crippen molar-refractivity contribution < 1.29 is 4.79 Å². The number of carbonyl (C=O) groups is 1. The second-order valence-corrected chi connectivity index (χ2v) is 7.67. The molecule has 1 saturated carbocycles. The van der Waals surface area contributed by atoms with E-state index in [1.54, 1.807) is 0 Å². The van der Waals surface area contributed by atoms with E-state index in [9.17, 15) is 4.79 Å². The molecule has 1 unspecified atom stereocenters. The molecule has 2 aliphatic rings. The highest BCUT2D eigenvalue weighted by Crippen LogP contribution is 2.34. The minimum Gasteiger partial charge on any atom is -0.335 e. The zero-order valence-corrected chi connectivity index (χ0v) is 15.8. The van der Waals surface area contributed by atoms with Crippen molar-refractivity contribution in [3.63, 3.8) is 0 Å². The summed E-state index contributed by atoms with van der Waals surface area (Å²) in [4.78, 5) is 21.5. The maximum absolute atomic E-state index is 12.8. The van der Waals surface area contributed by atoms with Gasteiger partial charge in [0.05, 0.1) is 5.69 Å². The Kier molecular flexibility index (Phi) is 5.68. The number of piperazine rings is 1. The van der Waals surface area contributed by atoms with Crippen LogP contribution in [0.25, 0.3) is 0 Å². The maximum atomic E-state index is 12.8. The van der Waals surface area contributed by atoms with Crippen molar-refractivity contribution in [3.8, 4) is 0 Å². The molecule has 2 aromatic rings. The fourth-order valence-corrected chi connectivity index (χ4v) is 3.78. The molecule has 142 valence electrons. The third-order valence-corrected chi connectivity index (χ3v) is 5.57. The molecular formula is C22H28N4O. The molecule has 5 heteroatoms. The van der Waals surface area contributed by atoms with Crippen LogP contribution >= 0.6 is 0 Å². The van der Waals surface area contributed by atoms with E-state index in [0.29, 0.717) is 5.92 Å². The summed E-state index contributed by atoms with van der Waals surface area (Å²) in [5, 5.41) is 3.32. The molecule has 5 nitrogen and oxygen atoms in total. The summed E-state index contributed by atoms with van der Waals surface area (Å²) in [6, 6.07) is 16.9. The quantitative estimate of drug-likeness (QED) is 0.857. The number of benzene rings is 1. The SMILES string of the molecule is O=C(NC(Cc1ccccc1)C1CC1)N1CCN(Cc2ccccn2)CC1. The van der Waals surface area contributed by atoms with E-state index in [0.717, 1.165) is 44.8 Å². The summed E-state index contributed by atoms with van der Waals surface area (Å²) in [5.41, 5.74) is 2.39. The Hall–Kier alpha value is -2.40. The molecule has 1 aliphatic carbocycles. The van der Waals surface area contributed by atoms with Crippen LogP contribution in [0.3, 0.4) is 0 Å². The van der Waals surface area contributed by atoms with Crippen molar-refractivity contribution in [1.82, 2.24) is 20.1 Å². The highest BCUT2D eigenvalue weighted by atomic mass is 16.2. The monoisotopic (exact) mass is 364 g/mol. The molecule has 2 heterocycles. The van der Waals surface area contributed by atoms with E-state index < -0.39 is 0 Å². The molecule has 0 bridgehead atoms. The average Bonchev–Trinajstić information content (AvgIpc) is 3.55. The Morgan fingerprint density at radius 3 is 2.44 bits per heavy atom. The molecule has 1 atom stereocenters. The predicted octanol–water partition coefficient (Wildman–Crippen LogP) is 2.93. The molecule has 2 fully saturated rings. The summed E-state index contributed by atoms with van der Waals surface area (Å²) in [6.45, 7) is 4.21. The van der Waals surface area contributed by atoms with Gasteiger partial charge in [-0.1, -0.05) is 36.4 Å². The zero-order valence-electron chi connectivity index (χ0n) is 15.8. The summed E-state index contributed by atoms with van der Waals surface area (Å²) in [7, 11) is 0. The van der Waals surface area contributed by atoms with Crippen LogP contribution in [-0.4, -0.2) is 53.0 Å². The second kappa shape index (κ2) is 8.53. The lowest BCUT2D eigenvalue weighted by Crippen LogP contribution is -2.53. The largest absolute Gasteiger partial charge is 0.335 e. The van der Waals surface area contributed by atoms with Gasteiger partial charge in [-0.2, -0.15) is 0 Å². The highest BCUT2D eigenvalue weighted by molar-refractivity contribution is 5.74. The Labute approximate surface area is 161 Å². The van der Waals surface area contributed by atoms with E-state index in [1.807, 2.05) is 29.3 Å². The zero-order chi connectivity index (χ0) is 18.5. The third-order valence-electron chi connectivity index (χ3n) is 5.57. The number of nitrogens with zero attached hydrogens (tertiary/aromatic N) is 3. The number of amides is 2. The first-order valence-corrected chi connectivity index (χ1v) is 9.99. The van der Waals surface area contributed by atoms with Crippen LogP contribution in [0.2, 0.25) is 0 Å². The fourth-order valence-electron chi connectivity index (χ4n) is 3.78. The number of hydrogen-bond donors (Lipinski definition) is 1. The van der Waals surface area contributed by atoms with E-state index >= 15 is 0 Å². The van der Waals surface area contributed by atoms with E-state index in [1.165, 1.54) is 18.4 Å². The van der Waals surface area contributed by atoms with E-state index in [2.05, 4.69) is 45.5 Å². The second-order valence-electron chi connectivity index (χ2n) is 7.67.